The first-order chi connectivity index (χ1) is 16.2. The van der Waals surface area contributed by atoms with Gasteiger partial charge in [0.1, 0.15) is 0 Å². The molecular formula is C24H19Cl3N2O4S. The van der Waals surface area contributed by atoms with Crippen LogP contribution in [0.4, 0.5) is 0 Å². The molecule has 0 spiro atoms. The SMILES string of the molecule is O=C(NO)C1=CCC(c2cccc(Cl)c2)N(S(=O)(=O)c2ccc(Cl)cc2)C1c1cccc(Cl)c1. The quantitative estimate of drug-likeness (QED) is 0.311. The minimum absolute atomic E-state index is 0.00149. The van der Waals surface area contributed by atoms with Crippen LogP contribution in [-0.4, -0.2) is 23.8 Å². The Morgan fingerprint density at radius 3 is 2.06 bits per heavy atom. The molecule has 2 N–H and O–H groups in total. The molecular weight excluding hydrogens is 519 g/mol. The van der Waals surface area contributed by atoms with E-state index < -0.39 is 28.0 Å². The van der Waals surface area contributed by atoms with Crippen molar-refractivity contribution in [3.63, 3.8) is 0 Å². The van der Waals surface area contributed by atoms with E-state index in [2.05, 4.69) is 0 Å². The molecule has 0 radical (unpaired) electrons. The van der Waals surface area contributed by atoms with Gasteiger partial charge in [0.15, 0.2) is 0 Å². The van der Waals surface area contributed by atoms with E-state index >= 15 is 0 Å². The van der Waals surface area contributed by atoms with Crippen molar-refractivity contribution in [2.45, 2.75) is 23.4 Å². The second kappa shape index (κ2) is 10.1. The zero-order valence-corrected chi connectivity index (χ0v) is 20.6. The second-order valence-electron chi connectivity index (χ2n) is 7.65. The fraction of sp³-hybridized carbons (Fsp3) is 0.125. The molecule has 6 nitrogen and oxygen atoms in total. The number of sulfonamides is 1. The van der Waals surface area contributed by atoms with Gasteiger partial charge < -0.3 is 0 Å². The first kappa shape index (κ1) is 24.7. The van der Waals surface area contributed by atoms with Crippen molar-refractivity contribution in [2.75, 3.05) is 0 Å². The molecule has 2 atom stereocenters. The lowest BCUT2D eigenvalue weighted by Gasteiger charge is -2.41. The van der Waals surface area contributed by atoms with Gasteiger partial charge in [-0.2, -0.15) is 4.31 Å². The van der Waals surface area contributed by atoms with Gasteiger partial charge >= 0.3 is 0 Å². The summed E-state index contributed by atoms with van der Waals surface area (Å²) in [5, 5.41) is 10.6. The summed E-state index contributed by atoms with van der Waals surface area (Å²) < 4.78 is 29.4. The number of hydrogen-bond acceptors (Lipinski definition) is 4. The third-order valence-electron chi connectivity index (χ3n) is 5.57. The van der Waals surface area contributed by atoms with Crippen LogP contribution < -0.4 is 5.48 Å². The molecule has 1 heterocycles. The minimum atomic E-state index is -4.19. The molecule has 10 heteroatoms. The van der Waals surface area contributed by atoms with Gasteiger partial charge in [0, 0.05) is 20.6 Å². The highest BCUT2D eigenvalue weighted by Gasteiger charge is 2.44. The summed E-state index contributed by atoms with van der Waals surface area (Å²) in [5.41, 5.74) is 2.82. The largest absolute Gasteiger partial charge is 0.288 e. The van der Waals surface area contributed by atoms with Gasteiger partial charge in [-0.1, -0.05) is 65.1 Å². The molecule has 4 rings (SSSR count). The van der Waals surface area contributed by atoms with Gasteiger partial charge in [-0.3, -0.25) is 10.0 Å². The van der Waals surface area contributed by atoms with Crippen LogP contribution in [0.25, 0.3) is 0 Å². The Hall–Kier alpha value is -2.39. The molecule has 2 unspecified atom stereocenters. The van der Waals surface area contributed by atoms with Gasteiger partial charge in [0.2, 0.25) is 10.0 Å². The lowest BCUT2D eigenvalue weighted by atomic mass is 9.89. The Labute approximate surface area is 212 Å². The molecule has 0 fully saturated rings. The first-order valence-electron chi connectivity index (χ1n) is 10.2. The summed E-state index contributed by atoms with van der Waals surface area (Å²) in [6, 6.07) is 17.5. The summed E-state index contributed by atoms with van der Waals surface area (Å²) in [5.74, 6) is -0.814. The van der Waals surface area contributed by atoms with Crippen molar-refractivity contribution in [2.24, 2.45) is 0 Å². The standard InChI is InChI=1S/C24H19Cl3N2O4S/c25-17-7-9-20(10-8-17)34(32,33)29-22(15-3-1-5-18(26)13-15)12-11-21(24(30)28-31)23(29)16-4-2-6-19(27)14-16/h1-11,13-14,22-23,31H,12H2,(H,28,30). The number of nitrogens with zero attached hydrogens (tertiary/aromatic N) is 1. The molecule has 0 aromatic heterocycles. The molecule has 0 saturated heterocycles. The summed E-state index contributed by atoms with van der Waals surface area (Å²) in [4.78, 5) is 12.7. The second-order valence-corrected chi connectivity index (χ2v) is 10.8. The Balaban J connectivity index is 1.99. The van der Waals surface area contributed by atoms with E-state index in [0.717, 1.165) is 0 Å². The van der Waals surface area contributed by atoms with E-state index in [9.17, 15) is 18.4 Å². The molecule has 3 aromatic rings. The smallest absolute Gasteiger partial charge is 0.272 e. The fourth-order valence-electron chi connectivity index (χ4n) is 4.09. The molecule has 3 aromatic carbocycles. The first-order valence-corrected chi connectivity index (χ1v) is 12.7. The van der Waals surface area contributed by atoms with Crippen LogP contribution in [-0.2, 0) is 14.8 Å². The van der Waals surface area contributed by atoms with Crippen molar-refractivity contribution in [1.82, 2.24) is 9.79 Å². The van der Waals surface area contributed by atoms with E-state index in [1.165, 1.54) is 28.6 Å². The molecule has 0 bridgehead atoms. The van der Waals surface area contributed by atoms with E-state index in [1.54, 1.807) is 60.1 Å². The number of rotatable bonds is 5. The Kier molecular flexibility index (Phi) is 7.33. The summed E-state index contributed by atoms with van der Waals surface area (Å²) in [6.45, 7) is 0. The molecule has 1 aliphatic rings. The van der Waals surface area contributed by atoms with Gasteiger partial charge in [-0.25, -0.2) is 13.9 Å². The predicted octanol–water partition coefficient (Wildman–Crippen LogP) is 5.96. The Morgan fingerprint density at radius 2 is 1.47 bits per heavy atom. The number of benzene rings is 3. The predicted molar refractivity (Wildman–Crippen MR) is 131 cm³/mol. The monoisotopic (exact) mass is 536 g/mol. The summed E-state index contributed by atoms with van der Waals surface area (Å²) in [7, 11) is -4.19. The maximum absolute atomic E-state index is 14.1. The molecule has 1 aliphatic heterocycles. The highest BCUT2D eigenvalue weighted by atomic mass is 35.5. The number of carbonyl (C=O) groups excluding carboxylic acids is 1. The van der Waals surface area contributed by atoms with Crippen LogP contribution in [0.5, 0.6) is 0 Å². The Bertz CT molecular complexity index is 1360. The van der Waals surface area contributed by atoms with E-state index in [4.69, 9.17) is 34.8 Å². The molecule has 0 saturated carbocycles. The van der Waals surface area contributed by atoms with E-state index in [0.29, 0.717) is 26.2 Å². The van der Waals surface area contributed by atoms with Gasteiger partial charge in [-0.15, -0.1) is 0 Å². The van der Waals surface area contributed by atoms with E-state index in [1.807, 2.05) is 0 Å². The average Bonchev–Trinajstić information content (AvgIpc) is 2.83. The minimum Gasteiger partial charge on any atom is -0.288 e. The van der Waals surface area contributed by atoms with Gasteiger partial charge in [0.05, 0.1) is 17.0 Å². The van der Waals surface area contributed by atoms with E-state index in [-0.39, 0.29) is 16.9 Å². The van der Waals surface area contributed by atoms with Crippen molar-refractivity contribution in [3.05, 3.63) is 111 Å². The number of amides is 1. The maximum Gasteiger partial charge on any atom is 0.272 e. The zero-order chi connectivity index (χ0) is 24.5. The normalized spacial score (nSPS) is 18.9. The van der Waals surface area contributed by atoms with Crippen molar-refractivity contribution in [3.8, 4) is 0 Å². The highest BCUT2D eigenvalue weighted by molar-refractivity contribution is 7.89. The topological polar surface area (TPSA) is 86.7 Å². The van der Waals surface area contributed by atoms with Gasteiger partial charge in [0.25, 0.3) is 5.91 Å². The van der Waals surface area contributed by atoms with Gasteiger partial charge in [-0.05, 0) is 66.1 Å². The third-order valence-corrected chi connectivity index (χ3v) is 8.18. The molecule has 34 heavy (non-hydrogen) atoms. The van der Waals surface area contributed by atoms with Crippen molar-refractivity contribution < 1.29 is 18.4 Å². The number of hydroxylamine groups is 1. The fourth-order valence-corrected chi connectivity index (χ4v) is 6.39. The van der Waals surface area contributed by atoms with Crippen molar-refractivity contribution >= 4 is 50.7 Å². The lowest BCUT2D eigenvalue weighted by Crippen LogP contribution is -2.43. The van der Waals surface area contributed by atoms with Crippen LogP contribution in [0.1, 0.15) is 29.6 Å². The zero-order valence-electron chi connectivity index (χ0n) is 17.5. The molecule has 176 valence electrons. The summed E-state index contributed by atoms with van der Waals surface area (Å²) in [6.07, 6.45) is 1.80. The maximum atomic E-state index is 14.1. The molecule has 1 amide bonds. The van der Waals surface area contributed by atoms with Crippen LogP contribution in [0.2, 0.25) is 15.1 Å². The summed E-state index contributed by atoms with van der Waals surface area (Å²) >= 11 is 18.4. The third kappa shape index (κ3) is 4.86. The van der Waals surface area contributed by atoms with Crippen molar-refractivity contribution in [1.29, 1.82) is 0 Å². The number of hydrogen-bond donors (Lipinski definition) is 2. The van der Waals surface area contributed by atoms with Crippen LogP contribution in [0.15, 0.2) is 89.3 Å². The lowest BCUT2D eigenvalue weighted by molar-refractivity contribution is -0.126. The number of halogens is 3. The Morgan fingerprint density at radius 1 is 0.882 bits per heavy atom. The number of carbonyl (C=O) groups is 1. The van der Waals surface area contributed by atoms with Crippen LogP contribution in [0, 0.1) is 0 Å². The molecule has 0 aliphatic carbocycles. The number of nitrogens with one attached hydrogen (secondary N) is 1. The van der Waals surface area contributed by atoms with Crippen LogP contribution >= 0.6 is 34.8 Å². The van der Waals surface area contributed by atoms with Crippen LogP contribution in [0.3, 0.4) is 0 Å². The highest BCUT2D eigenvalue weighted by Crippen LogP contribution is 2.46. The average molecular weight is 538 g/mol.